The molecule has 2 aromatic rings. The second-order valence-corrected chi connectivity index (χ2v) is 3.94. The van der Waals surface area contributed by atoms with Crippen molar-refractivity contribution in [1.82, 2.24) is 4.98 Å². The van der Waals surface area contributed by atoms with Crippen molar-refractivity contribution in [1.29, 1.82) is 0 Å². The maximum absolute atomic E-state index is 12.1. The van der Waals surface area contributed by atoms with Crippen LogP contribution in [0.4, 0.5) is 13.2 Å². The number of rotatable bonds is 1. The van der Waals surface area contributed by atoms with Crippen LogP contribution in [0.1, 0.15) is 0 Å². The maximum atomic E-state index is 12.1. The van der Waals surface area contributed by atoms with E-state index in [1.54, 1.807) is 0 Å². The van der Waals surface area contributed by atoms with Gasteiger partial charge in [-0.1, -0.05) is 0 Å². The molecule has 7 heteroatoms. The number of hydrogen-bond acceptors (Lipinski definition) is 3. The molecule has 90 valence electrons. The third kappa shape index (κ3) is 2.44. The number of ether oxygens (including phenoxy) is 1. The smallest absolute Gasteiger partial charge is 0.507 e. The van der Waals surface area contributed by atoms with E-state index in [4.69, 9.17) is 0 Å². The van der Waals surface area contributed by atoms with E-state index >= 15 is 0 Å². The number of hydrogen-bond donors (Lipinski definition) is 1. The van der Waals surface area contributed by atoms with Crippen LogP contribution in [-0.4, -0.2) is 16.5 Å². The van der Waals surface area contributed by atoms with Crippen molar-refractivity contribution in [2.45, 2.75) is 6.36 Å². The first-order valence-electron chi connectivity index (χ1n) is 4.40. The molecule has 2 rings (SSSR count). The number of halogens is 4. The predicted octanol–water partition coefficient (Wildman–Crippen LogP) is 3.60. The maximum Gasteiger partial charge on any atom is 0.573 e. The summed E-state index contributed by atoms with van der Waals surface area (Å²) in [4.78, 5) is 3.91. The number of fused-ring (bicyclic) bond motifs is 1. The minimum atomic E-state index is -4.78. The molecule has 0 fully saturated rings. The van der Waals surface area contributed by atoms with Gasteiger partial charge in [-0.3, -0.25) is 4.98 Å². The largest absolute Gasteiger partial charge is 0.573 e. The molecule has 0 radical (unpaired) electrons. The minimum absolute atomic E-state index is 0.0120. The van der Waals surface area contributed by atoms with Gasteiger partial charge in [-0.05, 0) is 34.1 Å². The SMILES string of the molecule is Oc1ccnc2ccc(OC(F)(F)F)c(Br)c12. The Bertz CT molecular complexity index is 571. The number of nitrogens with zero attached hydrogens (tertiary/aromatic N) is 1. The van der Waals surface area contributed by atoms with Crippen molar-refractivity contribution in [3.05, 3.63) is 28.9 Å². The average molecular weight is 308 g/mol. The van der Waals surface area contributed by atoms with E-state index in [2.05, 4.69) is 25.7 Å². The fourth-order valence-electron chi connectivity index (χ4n) is 1.37. The number of benzene rings is 1. The molecule has 0 aliphatic heterocycles. The van der Waals surface area contributed by atoms with E-state index in [9.17, 15) is 18.3 Å². The lowest BCUT2D eigenvalue weighted by molar-refractivity contribution is -0.274. The van der Waals surface area contributed by atoms with Crippen molar-refractivity contribution in [2.75, 3.05) is 0 Å². The molecule has 3 nitrogen and oxygen atoms in total. The zero-order valence-corrected chi connectivity index (χ0v) is 9.71. The van der Waals surface area contributed by atoms with E-state index in [-0.39, 0.29) is 15.6 Å². The van der Waals surface area contributed by atoms with Gasteiger partial charge >= 0.3 is 6.36 Å². The lowest BCUT2D eigenvalue weighted by Crippen LogP contribution is -2.17. The van der Waals surface area contributed by atoms with Gasteiger partial charge in [0, 0.05) is 6.20 Å². The topological polar surface area (TPSA) is 42.4 Å². The Kier molecular flexibility index (Phi) is 2.86. The molecule has 17 heavy (non-hydrogen) atoms. The first kappa shape index (κ1) is 12.0. The van der Waals surface area contributed by atoms with Crippen molar-refractivity contribution in [2.24, 2.45) is 0 Å². The number of pyridine rings is 1. The molecular weight excluding hydrogens is 303 g/mol. The summed E-state index contributed by atoms with van der Waals surface area (Å²) in [5, 5.41) is 9.74. The Morgan fingerprint density at radius 1 is 1.24 bits per heavy atom. The molecular formula is C10H5BrF3NO2. The van der Waals surface area contributed by atoms with Gasteiger partial charge in [-0.15, -0.1) is 13.2 Å². The lowest BCUT2D eigenvalue weighted by Gasteiger charge is -2.12. The predicted molar refractivity (Wildman–Crippen MR) is 57.8 cm³/mol. The van der Waals surface area contributed by atoms with Gasteiger partial charge in [0.25, 0.3) is 0 Å². The summed E-state index contributed by atoms with van der Waals surface area (Å²) in [6.45, 7) is 0. The summed E-state index contributed by atoms with van der Waals surface area (Å²) in [6, 6.07) is 3.75. The molecule has 0 unspecified atom stereocenters. The zero-order valence-electron chi connectivity index (χ0n) is 8.12. The van der Waals surface area contributed by atoms with Crippen LogP contribution in [0.25, 0.3) is 10.9 Å². The van der Waals surface area contributed by atoms with Crippen LogP contribution in [0, 0.1) is 0 Å². The third-order valence-electron chi connectivity index (χ3n) is 2.01. The summed E-state index contributed by atoms with van der Waals surface area (Å²) >= 11 is 2.96. The van der Waals surface area contributed by atoms with Gasteiger partial charge in [0.15, 0.2) is 0 Å². The number of aromatic hydroxyl groups is 1. The molecule has 0 aliphatic carbocycles. The minimum Gasteiger partial charge on any atom is -0.507 e. The van der Waals surface area contributed by atoms with Crippen LogP contribution in [0.5, 0.6) is 11.5 Å². The third-order valence-corrected chi connectivity index (χ3v) is 2.80. The van der Waals surface area contributed by atoms with E-state index < -0.39 is 12.1 Å². The molecule has 0 saturated carbocycles. The van der Waals surface area contributed by atoms with Crippen LogP contribution in [0.2, 0.25) is 0 Å². The van der Waals surface area contributed by atoms with Crippen LogP contribution in [0.15, 0.2) is 28.9 Å². The summed E-state index contributed by atoms with van der Waals surface area (Å²) < 4.78 is 40.1. The van der Waals surface area contributed by atoms with Gasteiger partial charge in [0.05, 0.1) is 15.4 Å². The molecule has 0 atom stereocenters. The van der Waals surface area contributed by atoms with Gasteiger partial charge in [0.1, 0.15) is 11.5 Å². The highest BCUT2D eigenvalue weighted by atomic mass is 79.9. The highest BCUT2D eigenvalue weighted by molar-refractivity contribution is 9.10. The van der Waals surface area contributed by atoms with E-state index in [1.807, 2.05) is 0 Å². The molecule has 1 N–H and O–H groups in total. The summed E-state index contributed by atoms with van der Waals surface area (Å²) in [5.74, 6) is -0.595. The molecule has 1 aromatic carbocycles. The quantitative estimate of drug-likeness (QED) is 0.875. The molecule has 0 spiro atoms. The molecule has 0 amide bonds. The van der Waals surface area contributed by atoms with E-state index in [0.717, 1.165) is 6.07 Å². The van der Waals surface area contributed by atoms with Crippen LogP contribution in [-0.2, 0) is 0 Å². The fourth-order valence-corrected chi connectivity index (χ4v) is 1.99. The molecule has 0 saturated heterocycles. The molecule has 1 aromatic heterocycles. The average Bonchev–Trinajstić information content (AvgIpc) is 2.20. The van der Waals surface area contributed by atoms with Crippen LogP contribution >= 0.6 is 15.9 Å². The fraction of sp³-hybridized carbons (Fsp3) is 0.100. The highest BCUT2D eigenvalue weighted by Gasteiger charge is 2.32. The first-order chi connectivity index (χ1) is 7.88. The second-order valence-electron chi connectivity index (χ2n) is 3.15. The molecule has 1 heterocycles. The Hall–Kier alpha value is -1.50. The monoisotopic (exact) mass is 307 g/mol. The van der Waals surface area contributed by atoms with Crippen molar-refractivity contribution >= 4 is 26.8 Å². The summed E-state index contributed by atoms with van der Waals surface area (Å²) in [7, 11) is 0. The lowest BCUT2D eigenvalue weighted by atomic mass is 10.2. The zero-order chi connectivity index (χ0) is 12.6. The van der Waals surface area contributed by atoms with Crippen molar-refractivity contribution < 1.29 is 23.0 Å². The summed E-state index contributed by atoms with van der Waals surface area (Å²) in [5.41, 5.74) is 0.367. The Labute approximate surface area is 102 Å². The highest BCUT2D eigenvalue weighted by Crippen LogP contribution is 2.39. The van der Waals surface area contributed by atoms with Gasteiger partial charge in [-0.2, -0.15) is 0 Å². The number of aromatic nitrogens is 1. The van der Waals surface area contributed by atoms with Gasteiger partial charge < -0.3 is 9.84 Å². The second kappa shape index (κ2) is 4.06. The molecule has 0 bridgehead atoms. The Balaban J connectivity index is 2.61. The Morgan fingerprint density at radius 3 is 2.59 bits per heavy atom. The van der Waals surface area contributed by atoms with Crippen LogP contribution in [0.3, 0.4) is 0 Å². The van der Waals surface area contributed by atoms with Crippen LogP contribution < -0.4 is 4.74 Å². The summed E-state index contributed by atoms with van der Waals surface area (Å²) in [6.07, 6.45) is -3.43. The molecule has 0 aliphatic rings. The van der Waals surface area contributed by atoms with Crippen molar-refractivity contribution in [3.8, 4) is 11.5 Å². The van der Waals surface area contributed by atoms with Gasteiger partial charge in [-0.25, -0.2) is 0 Å². The standard InChI is InChI=1S/C10H5BrF3NO2/c11-9-7(17-10(12,13)14)2-1-5-8(9)6(16)3-4-15-5/h1-4H,(H,15,16). The van der Waals surface area contributed by atoms with Crippen molar-refractivity contribution in [3.63, 3.8) is 0 Å². The first-order valence-corrected chi connectivity index (χ1v) is 5.20. The Morgan fingerprint density at radius 2 is 1.94 bits per heavy atom. The normalized spacial score (nSPS) is 11.8. The van der Waals surface area contributed by atoms with E-state index in [1.165, 1.54) is 18.3 Å². The van der Waals surface area contributed by atoms with Gasteiger partial charge in [0.2, 0.25) is 0 Å². The van der Waals surface area contributed by atoms with E-state index in [0.29, 0.717) is 5.52 Å². The number of alkyl halides is 3.